The van der Waals surface area contributed by atoms with Gasteiger partial charge in [0.25, 0.3) is 0 Å². The zero-order valence-corrected chi connectivity index (χ0v) is 12.3. The molecule has 1 aromatic carbocycles. The molecule has 0 amide bonds. The van der Waals surface area contributed by atoms with Gasteiger partial charge in [-0.05, 0) is 31.0 Å². The van der Waals surface area contributed by atoms with Crippen molar-refractivity contribution in [3.63, 3.8) is 0 Å². The lowest BCUT2D eigenvalue weighted by Crippen LogP contribution is -2.33. The Morgan fingerprint density at radius 3 is 2.37 bits per heavy atom. The van der Waals surface area contributed by atoms with Gasteiger partial charge in [0, 0.05) is 26.8 Å². The van der Waals surface area contributed by atoms with Gasteiger partial charge < -0.3 is 10.5 Å². The summed E-state index contributed by atoms with van der Waals surface area (Å²) in [6, 6.07) is 7.28. The van der Waals surface area contributed by atoms with Gasteiger partial charge in [0.1, 0.15) is 0 Å². The molecule has 1 aromatic rings. The Morgan fingerprint density at radius 2 is 1.89 bits per heavy atom. The predicted octanol–water partition coefficient (Wildman–Crippen LogP) is 1.34. The first-order valence-corrected chi connectivity index (χ1v) is 7.94. The quantitative estimate of drug-likeness (QED) is 0.732. The smallest absolute Gasteiger partial charge is 0.235 e. The second kappa shape index (κ2) is 7.47. The molecule has 6 heteroatoms. The van der Waals surface area contributed by atoms with Gasteiger partial charge in [-0.2, -0.15) is 0 Å². The number of hydrogen-bond donors (Lipinski definition) is 1. The van der Waals surface area contributed by atoms with Crippen LogP contribution < -0.4 is 10.0 Å². The highest BCUT2D eigenvalue weighted by Gasteiger charge is 2.20. The Morgan fingerprint density at radius 1 is 1.26 bits per heavy atom. The molecule has 0 aliphatic heterocycles. The summed E-state index contributed by atoms with van der Waals surface area (Å²) in [5.41, 5.74) is 7.19. The molecule has 0 radical (unpaired) electrons. The predicted molar refractivity (Wildman–Crippen MR) is 77.6 cm³/mol. The number of ether oxygens (including phenoxy) is 1. The second-order valence-electron chi connectivity index (χ2n) is 4.20. The van der Waals surface area contributed by atoms with Gasteiger partial charge in [0.15, 0.2) is 0 Å². The number of rotatable bonds is 8. The largest absolute Gasteiger partial charge is 0.385 e. The lowest BCUT2D eigenvalue weighted by atomic mass is 10.2. The maximum Gasteiger partial charge on any atom is 0.235 e. The maximum atomic E-state index is 12.2. The van der Waals surface area contributed by atoms with Crippen molar-refractivity contribution < 1.29 is 13.2 Å². The third kappa shape index (κ3) is 4.49. The van der Waals surface area contributed by atoms with Crippen LogP contribution in [0.1, 0.15) is 18.9 Å². The molecule has 0 aromatic heterocycles. The van der Waals surface area contributed by atoms with Crippen molar-refractivity contribution in [2.24, 2.45) is 5.73 Å². The normalized spacial score (nSPS) is 11.5. The van der Waals surface area contributed by atoms with Gasteiger partial charge in [-0.1, -0.05) is 12.1 Å². The molecule has 0 unspecified atom stereocenters. The Hall–Kier alpha value is -1.11. The maximum absolute atomic E-state index is 12.2. The van der Waals surface area contributed by atoms with Gasteiger partial charge in [-0.15, -0.1) is 0 Å². The van der Waals surface area contributed by atoms with E-state index in [4.69, 9.17) is 10.5 Å². The molecule has 0 atom stereocenters. The number of nitrogens with two attached hydrogens (primary N) is 1. The number of sulfonamides is 1. The first-order valence-electron chi connectivity index (χ1n) is 6.33. The molecule has 0 saturated carbocycles. The summed E-state index contributed by atoms with van der Waals surface area (Å²) < 4.78 is 30.8. The van der Waals surface area contributed by atoms with Gasteiger partial charge in [-0.3, -0.25) is 4.31 Å². The molecule has 2 N–H and O–H groups in total. The summed E-state index contributed by atoms with van der Waals surface area (Å²) in [5.74, 6) is 0.0906. The average Bonchev–Trinajstić information content (AvgIpc) is 2.40. The molecular weight excluding hydrogens is 264 g/mol. The molecule has 5 nitrogen and oxygen atoms in total. The van der Waals surface area contributed by atoms with Crippen molar-refractivity contribution in [3.8, 4) is 0 Å². The molecule has 1 rings (SSSR count). The zero-order chi connectivity index (χ0) is 14.3. The summed E-state index contributed by atoms with van der Waals surface area (Å²) in [4.78, 5) is 0. The van der Waals surface area contributed by atoms with Crippen molar-refractivity contribution >= 4 is 15.7 Å². The van der Waals surface area contributed by atoms with E-state index in [1.54, 1.807) is 19.2 Å². The van der Waals surface area contributed by atoms with E-state index in [9.17, 15) is 8.42 Å². The highest BCUT2D eigenvalue weighted by Crippen LogP contribution is 2.19. The fourth-order valence-corrected chi connectivity index (χ4v) is 3.37. The molecule has 0 heterocycles. The number of benzene rings is 1. The minimum Gasteiger partial charge on any atom is -0.385 e. The van der Waals surface area contributed by atoms with Crippen LogP contribution in [0.5, 0.6) is 0 Å². The van der Waals surface area contributed by atoms with E-state index in [0.717, 1.165) is 5.56 Å². The lowest BCUT2D eigenvalue weighted by molar-refractivity contribution is 0.199. The summed E-state index contributed by atoms with van der Waals surface area (Å²) >= 11 is 0. The molecule has 0 fully saturated rings. The zero-order valence-electron chi connectivity index (χ0n) is 11.5. The van der Waals surface area contributed by atoms with Crippen LogP contribution >= 0.6 is 0 Å². The van der Waals surface area contributed by atoms with E-state index in [1.165, 1.54) is 4.31 Å². The van der Waals surface area contributed by atoms with E-state index in [-0.39, 0.29) is 5.75 Å². The van der Waals surface area contributed by atoms with Crippen LogP contribution in [0.4, 0.5) is 5.69 Å². The van der Waals surface area contributed by atoms with E-state index >= 15 is 0 Å². The van der Waals surface area contributed by atoms with Gasteiger partial charge in [-0.25, -0.2) is 8.42 Å². The van der Waals surface area contributed by atoms with Crippen LogP contribution in [-0.4, -0.2) is 34.4 Å². The van der Waals surface area contributed by atoms with Crippen molar-refractivity contribution in [2.75, 3.05) is 30.3 Å². The first-order chi connectivity index (χ1) is 9.05. The van der Waals surface area contributed by atoms with Gasteiger partial charge >= 0.3 is 0 Å². The van der Waals surface area contributed by atoms with Crippen molar-refractivity contribution in [1.82, 2.24) is 0 Å². The van der Waals surface area contributed by atoms with Gasteiger partial charge in [0.05, 0.1) is 11.4 Å². The number of methoxy groups -OCH3 is 1. The van der Waals surface area contributed by atoms with Crippen LogP contribution in [-0.2, 0) is 21.3 Å². The number of nitrogens with zero attached hydrogens (tertiary/aromatic N) is 1. The molecular formula is C13H22N2O3S. The fourth-order valence-electron chi connectivity index (χ4n) is 1.83. The highest BCUT2D eigenvalue weighted by atomic mass is 32.2. The van der Waals surface area contributed by atoms with Crippen molar-refractivity contribution in [2.45, 2.75) is 19.9 Å². The van der Waals surface area contributed by atoms with Gasteiger partial charge in [0.2, 0.25) is 10.0 Å². The van der Waals surface area contributed by atoms with Crippen LogP contribution in [0.2, 0.25) is 0 Å². The number of anilines is 1. The monoisotopic (exact) mass is 286 g/mol. The second-order valence-corrected chi connectivity index (χ2v) is 6.21. The SMILES string of the molecule is CCN(c1ccc(CN)cc1)S(=O)(=O)CCCOC. The third-order valence-electron chi connectivity index (χ3n) is 2.83. The molecule has 0 spiro atoms. The standard InChI is InChI=1S/C13H22N2O3S/c1-3-15(19(16,17)10-4-9-18-2)13-7-5-12(11-14)6-8-13/h5-8H,3-4,9-11,14H2,1-2H3. The Kier molecular flexibility index (Phi) is 6.27. The van der Waals surface area contributed by atoms with E-state index in [0.29, 0.717) is 31.8 Å². The molecule has 0 bridgehead atoms. The summed E-state index contributed by atoms with van der Waals surface area (Å²) in [7, 11) is -1.73. The van der Waals surface area contributed by atoms with Crippen LogP contribution in [0.3, 0.4) is 0 Å². The highest BCUT2D eigenvalue weighted by molar-refractivity contribution is 7.92. The average molecular weight is 286 g/mol. The molecule has 19 heavy (non-hydrogen) atoms. The van der Waals surface area contributed by atoms with Crippen LogP contribution in [0.25, 0.3) is 0 Å². The third-order valence-corrected chi connectivity index (χ3v) is 4.78. The minimum atomic E-state index is -3.30. The molecule has 0 aliphatic rings. The molecule has 0 aliphatic carbocycles. The lowest BCUT2D eigenvalue weighted by Gasteiger charge is -2.23. The van der Waals surface area contributed by atoms with Crippen LogP contribution in [0.15, 0.2) is 24.3 Å². The Balaban J connectivity index is 2.85. The first kappa shape index (κ1) is 15.9. The number of hydrogen-bond acceptors (Lipinski definition) is 4. The van der Waals surface area contributed by atoms with Crippen molar-refractivity contribution in [3.05, 3.63) is 29.8 Å². The molecule has 0 saturated heterocycles. The molecule has 108 valence electrons. The van der Waals surface area contributed by atoms with Crippen molar-refractivity contribution in [1.29, 1.82) is 0 Å². The topological polar surface area (TPSA) is 72.6 Å². The van der Waals surface area contributed by atoms with E-state index in [1.807, 2.05) is 19.1 Å². The summed E-state index contributed by atoms with van der Waals surface area (Å²) in [5, 5.41) is 0. The Bertz CT molecular complexity index is 471. The Labute approximate surface area is 115 Å². The fraction of sp³-hybridized carbons (Fsp3) is 0.538. The van der Waals surface area contributed by atoms with E-state index in [2.05, 4.69) is 0 Å². The summed E-state index contributed by atoms with van der Waals surface area (Å²) in [6.45, 7) is 3.14. The van der Waals surface area contributed by atoms with Crippen LogP contribution in [0, 0.1) is 0 Å². The minimum absolute atomic E-state index is 0.0906. The summed E-state index contributed by atoms with van der Waals surface area (Å²) in [6.07, 6.45) is 0.496. The van der Waals surface area contributed by atoms with E-state index < -0.39 is 10.0 Å².